The lowest BCUT2D eigenvalue weighted by Gasteiger charge is -2.09. The molecule has 1 heterocycles. The summed E-state index contributed by atoms with van der Waals surface area (Å²) < 4.78 is 6.97. The van der Waals surface area contributed by atoms with Gasteiger partial charge in [-0.05, 0) is 53.1 Å². The van der Waals surface area contributed by atoms with Gasteiger partial charge in [0.05, 0.1) is 0 Å². The van der Waals surface area contributed by atoms with Crippen molar-refractivity contribution in [3.8, 4) is 11.5 Å². The normalized spacial score (nSPS) is 10.8. The highest BCUT2D eigenvalue weighted by Crippen LogP contribution is 2.31. The van der Waals surface area contributed by atoms with Crippen LogP contribution in [0.5, 0.6) is 11.5 Å². The van der Waals surface area contributed by atoms with Gasteiger partial charge in [-0.25, -0.2) is 0 Å². The minimum absolute atomic E-state index is 0.269. The van der Waals surface area contributed by atoms with Crippen molar-refractivity contribution in [2.45, 2.75) is 20.0 Å². The third kappa shape index (κ3) is 3.48. The second kappa shape index (κ2) is 6.34. The van der Waals surface area contributed by atoms with Crippen molar-refractivity contribution in [2.75, 3.05) is 0 Å². The molecule has 4 heteroatoms. The predicted molar refractivity (Wildman–Crippen MR) is 96.0 cm³/mol. The number of allylic oxidation sites excluding steroid dienone is 1. The number of ether oxygens (including phenoxy) is 1. The zero-order chi connectivity index (χ0) is 16.4. The van der Waals surface area contributed by atoms with Crippen LogP contribution in [-0.4, -0.2) is 5.11 Å². The summed E-state index contributed by atoms with van der Waals surface area (Å²) >= 11 is 1.67. The highest BCUT2D eigenvalue weighted by atomic mass is 32.1. The van der Waals surface area contributed by atoms with Gasteiger partial charge in [-0.15, -0.1) is 11.3 Å². The summed E-state index contributed by atoms with van der Waals surface area (Å²) in [6, 6.07) is 11.6. The van der Waals surface area contributed by atoms with Gasteiger partial charge in [0.1, 0.15) is 18.1 Å². The highest BCUT2D eigenvalue weighted by molar-refractivity contribution is 7.17. The molecule has 0 radical (unpaired) electrons. The zero-order valence-electron chi connectivity index (χ0n) is 13.0. The van der Waals surface area contributed by atoms with Crippen molar-refractivity contribution in [1.82, 2.24) is 0 Å². The van der Waals surface area contributed by atoms with E-state index in [1.807, 2.05) is 31.2 Å². The van der Waals surface area contributed by atoms with Crippen LogP contribution >= 0.6 is 11.3 Å². The van der Waals surface area contributed by atoms with Gasteiger partial charge in [0.25, 0.3) is 0 Å². The number of nitrogens with two attached hydrogens (primary N) is 1. The van der Waals surface area contributed by atoms with Crippen LogP contribution in [0.3, 0.4) is 0 Å². The highest BCUT2D eigenvalue weighted by Gasteiger charge is 2.07. The topological polar surface area (TPSA) is 55.5 Å². The van der Waals surface area contributed by atoms with E-state index in [0.717, 1.165) is 21.6 Å². The first kappa shape index (κ1) is 15.4. The average molecular weight is 325 g/mol. The zero-order valence-corrected chi connectivity index (χ0v) is 13.8. The van der Waals surface area contributed by atoms with Gasteiger partial charge in [-0.3, -0.25) is 0 Å². The summed E-state index contributed by atoms with van der Waals surface area (Å²) in [7, 11) is 0. The molecule has 0 fully saturated rings. The van der Waals surface area contributed by atoms with Crippen LogP contribution in [0.4, 0.5) is 0 Å². The molecule has 0 saturated heterocycles. The summed E-state index contributed by atoms with van der Waals surface area (Å²) in [5, 5.41) is 13.2. The van der Waals surface area contributed by atoms with Crippen LogP contribution in [0.25, 0.3) is 10.1 Å². The quantitative estimate of drug-likeness (QED) is 0.725. The number of hydrogen-bond acceptors (Lipinski definition) is 4. The molecule has 0 atom stereocenters. The third-order valence-electron chi connectivity index (χ3n) is 3.68. The van der Waals surface area contributed by atoms with Gasteiger partial charge in [-0.1, -0.05) is 18.7 Å². The van der Waals surface area contributed by atoms with Gasteiger partial charge in [0, 0.05) is 22.4 Å². The second-order valence-corrected chi connectivity index (χ2v) is 6.59. The van der Waals surface area contributed by atoms with E-state index in [1.165, 1.54) is 10.9 Å². The number of benzene rings is 2. The van der Waals surface area contributed by atoms with E-state index in [1.54, 1.807) is 17.4 Å². The van der Waals surface area contributed by atoms with Crippen molar-refractivity contribution in [1.29, 1.82) is 0 Å². The third-order valence-corrected chi connectivity index (χ3v) is 4.67. The number of phenolic OH excluding ortho intramolecular Hbond substituents is 1. The first-order valence-corrected chi connectivity index (χ1v) is 8.25. The van der Waals surface area contributed by atoms with Crippen molar-refractivity contribution >= 4 is 21.4 Å². The fraction of sp³-hybridized carbons (Fsp3) is 0.158. The molecule has 3 nitrogen and oxygen atoms in total. The lowest BCUT2D eigenvalue weighted by Crippen LogP contribution is -1.98. The summed E-state index contributed by atoms with van der Waals surface area (Å²) in [5.74, 6) is 1.06. The molecule has 0 bridgehead atoms. The average Bonchev–Trinajstić information content (AvgIpc) is 2.88. The Labute approximate surface area is 139 Å². The Balaban J connectivity index is 1.77. The Bertz CT molecular complexity index is 867. The molecule has 0 unspecified atom stereocenters. The van der Waals surface area contributed by atoms with Crippen molar-refractivity contribution in [3.05, 3.63) is 70.7 Å². The number of aromatic hydroxyl groups is 1. The van der Waals surface area contributed by atoms with Gasteiger partial charge in [-0.2, -0.15) is 0 Å². The Morgan fingerprint density at radius 1 is 1.22 bits per heavy atom. The molecule has 1 aromatic heterocycles. The van der Waals surface area contributed by atoms with Crippen LogP contribution in [0.1, 0.15) is 16.7 Å². The Morgan fingerprint density at radius 3 is 2.78 bits per heavy atom. The van der Waals surface area contributed by atoms with Crippen molar-refractivity contribution < 1.29 is 9.84 Å². The predicted octanol–water partition coefficient (Wildman–Crippen LogP) is 4.51. The Morgan fingerprint density at radius 2 is 2.04 bits per heavy atom. The van der Waals surface area contributed by atoms with Crippen LogP contribution < -0.4 is 10.5 Å². The second-order valence-electron chi connectivity index (χ2n) is 5.67. The molecule has 0 amide bonds. The van der Waals surface area contributed by atoms with Crippen LogP contribution in [0, 0.1) is 6.92 Å². The fourth-order valence-electron chi connectivity index (χ4n) is 2.49. The maximum atomic E-state index is 9.93. The number of fused-ring (bicyclic) bond motifs is 1. The van der Waals surface area contributed by atoms with Gasteiger partial charge in [0.15, 0.2) is 0 Å². The molecule has 0 saturated carbocycles. The fourth-order valence-corrected chi connectivity index (χ4v) is 3.48. The first-order chi connectivity index (χ1) is 11.0. The molecular weight excluding hydrogens is 306 g/mol. The van der Waals surface area contributed by atoms with E-state index >= 15 is 0 Å². The van der Waals surface area contributed by atoms with Gasteiger partial charge >= 0.3 is 0 Å². The smallest absolute Gasteiger partial charge is 0.122 e. The summed E-state index contributed by atoms with van der Waals surface area (Å²) in [5.41, 5.74) is 9.37. The number of rotatable bonds is 5. The van der Waals surface area contributed by atoms with Crippen LogP contribution in [0.2, 0.25) is 0 Å². The largest absolute Gasteiger partial charge is 0.508 e. The molecule has 3 N–H and O–H groups in total. The Kier molecular flexibility index (Phi) is 4.26. The van der Waals surface area contributed by atoms with Crippen molar-refractivity contribution in [2.24, 2.45) is 5.73 Å². The van der Waals surface area contributed by atoms with E-state index < -0.39 is 0 Å². The van der Waals surface area contributed by atoms with Gasteiger partial charge in [0.2, 0.25) is 0 Å². The first-order valence-electron chi connectivity index (χ1n) is 7.37. The maximum Gasteiger partial charge on any atom is 0.122 e. The maximum absolute atomic E-state index is 9.93. The lowest BCUT2D eigenvalue weighted by molar-refractivity contribution is 0.299. The summed E-state index contributed by atoms with van der Waals surface area (Å²) in [6.07, 6.45) is 0.692. The number of phenols is 1. The SMILES string of the molecule is C=C(N)Cc1csc2cc(OCc3ccc(C)cc3O)ccc12. The summed E-state index contributed by atoms with van der Waals surface area (Å²) in [6.45, 7) is 6.06. The molecule has 0 aliphatic heterocycles. The van der Waals surface area contributed by atoms with E-state index in [4.69, 9.17) is 10.5 Å². The molecule has 0 spiro atoms. The number of thiophene rings is 1. The molecular formula is C19H19NO2S. The standard InChI is InChI=1S/C19H19NO2S/c1-12-3-4-14(18(21)7-12)10-22-16-5-6-17-15(8-13(2)20)11-23-19(17)9-16/h3-7,9,11,21H,2,8,10,20H2,1H3. The van der Waals surface area contributed by atoms with E-state index in [-0.39, 0.29) is 5.75 Å². The molecule has 118 valence electrons. The Hall–Kier alpha value is -2.46. The minimum atomic E-state index is 0.269. The van der Waals surface area contributed by atoms with E-state index in [2.05, 4.69) is 18.0 Å². The lowest BCUT2D eigenvalue weighted by atomic mass is 10.1. The number of aryl methyl sites for hydroxylation is 1. The molecule has 3 rings (SSSR count). The van der Waals surface area contributed by atoms with Crippen LogP contribution in [-0.2, 0) is 13.0 Å². The van der Waals surface area contributed by atoms with Gasteiger partial charge < -0.3 is 15.6 Å². The minimum Gasteiger partial charge on any atom is -0.508 e. The monoisotopic (exact) mass is 325 g/mol. The number of hydrogen-bond donors (Lipinski definition) is 2. The molecule has 23 heavy (non-hydrogen) atoms. The van der Waals surface area contributed by atoms with Crippen molar-refractivity contribution in [3.63, 3.8) is 0 Å². The van der Waals surface area contributed by atoms with Crippen LogP contribution in [0.15, 0.2) is 54.1 Å². The molecule has 3 aromatic rings. The van der Waals surface area contributed by atoms with E-state index in [9.17, 15) is 5.11 Å². The molecule has 0 aliphatic carbocycles. The molecule has 0 aliphatic rings. The van der Waals surface area contributed by atoms with E-state index in [0.29, 0.717) is 18.7 Å². The molecule has 2 aromatic carbocycles. The summed E-state index contributed by atoms with van der Waals surface area (Å²) in [4.78, 5) is 0.